The normalized spacial score (nSPS) is 26.0. The summed E-state index contributed by atoms with van der Waals surface area (Å²) in [4.78, 5) is 37.0. The van der Waals surface area contributed by atoms with Crippen LogP contribution in [0.3, 0.4) is 0 Å². The largest absolute Gasteiger partial charge is 0.479 e. The van der Waals surface area contributed by atoms with Gasteiger partial charge in [-0.05, 0) is 23.5 Å². The van der Waals surface area contributed by atoms with Crippen molar-refractivity contribution in [3.8, 4) is 0 Å². The first-order valence-electron chi connectivity index (χ1n) is 7.19. The maximum Gasteiger partial charge on any atom is 0.330 e. The van der Waals surface area contributed by atoms with Crippen LogP contribution in [0.2, 0.25) is 0 Å². The Kier molecular flexibility index (Phi) is 4.12. The zero-order valence-corrected chi connectivity index (χ0v) is 13.2. The molecule has 1 unspecified atom stereocenters. The molecule has 3 rings (SSSR count). The van der Waals surface area contributed by atoms with Gasteiger partial charge < -0.3 is 15.3 Å². The number of rotatable bonds is 4. The molecule has 1 aromatic rings. The number of carbonyl (C=O) groups excluding carboxylic acids is 2. The summed E-state index contributed by atoms with van der Waals surface area (Å²) < 4.78 is 0. The summed E-state index contributed by atoms with van der Waals surface area (Å²) in [5.41, 5.74) is 1.49. The van der Waals surface area contributed by atoms with Gasteiger partial charge in [-0.15, -0.1) is 11.8 Å². The van der Waals surface area contributed by atoms with Gasteiger partial charge in [0.1, 0.15) is 11.4 Å². The lowest BCUT2D eigenvalue weighted by Crippen LogP contribution is -2.73. The number of thioether (sulfide) groups is 1. The maximum atomic E-state index is 12.3. The predicted octanol–water partition coefficient (Wildman–Crippen LogP) is 0.986. The second-order valence-corrected chi connectivity index (χ2v) is 6.57. The van der Waals surface area contributed by atoms with E-state index >= 15 is 0 Å². The van der Waals surface area contributed by atoms with E-state index in [1.54, 1.807) is 12.3 Å². The summed E-state index contributed by atoms with van der Waals surface area (Å²) >= 11 is 1.37. The number of amides is 2. The van der Waals surface area contributed by atoms with E-state index in [-0.39, 0.29) is 23.6 Å². The quantitative estimate of drug-likeness (QED) is 0.803. The molecule has 0 radical (unpaired) electrons. The number of nitrogens with one attached hydrogen (secondary N) is 1. The van der Waals surface area contributed by atoms with E-state index in [4.69, 9.17) is 0 Å². The summed E-state index contributed by atoms with van der Waals surface area (Å²) in [6, 6.07) is 7.65. The molecule has 6 nitrogen and oxygen atoms in total. The number of hydrogen-bond donors (Lipinski definition) is 2. The Morgan fingerprint density at radius 1 is 1.30 bits per heavy atom. The maximum absolute atomic E-state index is 12.3. The third kappa shape index (κ3) is 2.84. The zero-order valence-electron chi connectivity index (χ0n) is 12.4. The highest BCUT2D eigenvalue weighted by Crippen LogP contribution is 2.39. The van der Waals surface area contributed by atoms with Crippen molar-refractivity contribution in [2.45, 2.75) is 30.8 Å². The Hall–Kier alpha value is -2.28. The minimum Gasteiger partial charge on any atom is -0.479 e. The van der Waals surface area contributed by atoms with Crippen molar-refractivity contribution in [1.29, 1.82) is 0 Å². The first-order chi connectivity index (χ1) is 11.0. The van der Waals surface area contributed by atoms with E-state index in [0.29, 0.717) is 5.57 Å². The Morgan fingerprint density at radius 3 is 2.65 bits per heavy atom. The summed E-state index contributed by atoms with van der Waals surface area (Å²) in [6.45, 7) is 1.69. The molecule has 1 fully saturated rings. The lowest BCUT2D eigenvalue weighted by atomic mass is 9.98. The number of aliphatic carboxylic acids is 1. The molecule has 0 aromatic heterocycles. The fourth-order valence-electron chi connectivity index (χ4n) is 2.82. The lowest BCUT2D eigenvalue weighted by molar-refractivity contribution is -0.160. The Balaban J connectivity index is 1.66. The average molecular weight is 332 g/mol. The summed E-state index contributed by atoms with van der Waals surface area (Å²) in [7, 11) is 0. The monoisotopic (exact) mass is 332 g/mol. The number of carboxylic acid groups (broad SMARTS) is 1. The standard InChI is InChI=1S/C16H16N2O4S/c1-9-8-23-15-12(14(20)18(15)13(9)16(21)22)17-11(19)7-10-5-3-2-4-6-10/h2-6,8,12-13,15H,7H2,1H3,(H,17,19)(H,21,22)/t12-,13?,15-/m1/s1. The van der Waals surface area contributed by atoms with Gasteiger partial charge in [0.25, 0.3) is 0 Å². The topological polar surface area (TPSA) is 86.7 Å². The smallest absolute Gasteiger partial charge is 0.330 e. The average Bonchev–Trinajstić information content (AvgIpc) is 2.53. The molecule has 0 saturated carbocycles. The molecule has 0 bridgehead atoms. The molecular weight excluding hydrogens is 316 g/mol. The fraction of sp³-hybridized carbons (Fsp3) is 0.312. The predicted molar refractivity (Wildman–Crippen MR) is 85.5 cm³/mol. The molecule has 0 spiro atoms. The molecule has 2 aliphatic rings. The van der Waals surface area contributed by atoms with Crippen LogP contribution in [-0.2, 0) is 20.8 Å². The molecule has 2 aliphatic heterocycles. The number of benzene rings is 1. The van der Waals surface area contributed by atoms with Crippen molar-refractivity contribution < 1.29 is 19.5 Å². The van der Waals surface area contributed by atoms with Gasteiger partial charge in [-0.25, -0.2) is 4.79 Å². The van der Waals surface area contributed by atoms with Crippen LogP contribution in [0.1, 0.15) is 12.5 Å². The third-order valence-electron chi connectivity index (χ3n) is 3.94. The molecule has 0 aliphatic carbocycles. The van der Waals surface area contributed by atoms with E-state index in [1.807, 2.05) is 30.3 Å². The number of hydrogen-bond acceptors (Lipinski definition) is 4. The summed E-state index contributed by atoms with van der Waals surface area (Å²) in [5.74, 6) is -1.64. The van der Waals surface area contributed by atoms with Crippen LogP contribution in [0, 0.1) is 0 Å². The van der Waals surface area contributed by atoms with Gasteiger partial charge in [0.2, 0.25) is 11.8 Å². The fourth-order valence-corrected chi connectivity index (χ4v) is 4.00. The van der Waals surface area contributed by atoms with Crippen molar-refractivity contribution >= 4 is 29.5 Å². The Morgan fingerprint density at radius 2 is 2.00 bits per heavy atom. The summed E-state index contributed by atoms with van der Waals surface area (Å²) in [6.07, 6.45) is 0.194. The van der Waals surface area contributed by atoms with Gasteiger partial charge in [0.15, 0.2) is 6.04 Å². The SMILES string of the molecule is CC1=CS[C@@H]2[C@H](NC(=O)Cc3ccccc3)C(=O)N2C1C(=O)O. The van der Waals surface area contributed by atoms with E-state index in [0.717, 1.165) is 5.56 Å². The molecule has 120 valence electrons. The van der Waals surface area contributed by atoms with E-state index in [1.165, 1.54) is 16.7 Å². The van der Waals surface area contributed by atoms with Gasteiger partial charge in [-0.1, -0.05) is 30.3 Å². The lowest BCUT2D eigenvalue weighted by Gasteiger charge is -2.51. The second kappa shape index (κ2) is 6.08. The van der Waals surface area contributed by atoms with Gasteiger partial charge in [-0.2, -0.15) is 0 Å². The van der Waals surface area contributed by atoms with Crippen molar-refractivity contribution in [2.75, 3.05) is 0 Å². The highest BCUT2D eigenvalue weighted by atomic mass is 32.2. The van der Waals surface area contributed by atoms with Crippen molar-refractivity contribution in [3.63, 3.8) is 0 Å². The number of β-lactam (4-membered cyclic amide) rings is 1. The number of carboxylic acids is 1. The first kappa shape index (κ1) is 15.6. The summed E-state index contributed by atoms with van der Waals surface area (Å²) in [5, 5.41) is 13.4. The molecule has 7 heteroatoms. The number of carbonyl (C=O) groups is 3. The van der Waals surface area contributed by atoms with Gasteiger partial charge in [0, 0.05) is 0 Å². The van der Waals surface area contributed by atoms with Crippen molar-refractivity contribution in [2.24, 2.45) is 0 Å². The second-order valence-electron chi connectivity index (χ2n) is 5.58. The molecule has 2 amide bonds. The van der Waals surface area contributed by atoms with Crippen LogP contribution in [0.15, 0.2) is 41.3 Å². The van der Waals surface area contributed by atoms with Crippen molar-refractivity contribution in [3.05, 3.63) is 46.9 Å². The van der Waals surface area contributed by atoms with Crippen LogP contribution in [0.4, 0.5) is 0 Å². The molecule has 3 atom stereocenters. The number of fused-ring (bicyclic) bond motifs is 1. The van der Waals surface area contributed by atoms with Crippen LogP contribution < -0.4 is 5.32 Å². The van der Waals surface area contributed by atoms with Crippen LogP contribution in [0.25, 0.3) is 0 Å². The Labute approximate surface area is 137 Å². The van der Waals surface area contributed by atoms with Crippen LogP contribution in [0.5, 0.6) is 0 Å². The minimum absolute atomic E-state index is 0.194. The third-order valence-corrected chi connectivity index (χ3v) is 5.23. The highest BCUT2D eigenvalue weighted by Gasteiger charge is 2.55. The zero-order chi connectivity index (χ0) is 16.6. The number of nitrogens with zero attached hydrogens (tertiary/aromatic N) is 1. The van der Waals surface area contributed by atoms with Crippen LogP contribution in [-0.4, -0.2) is 45.2 Å². The van der Waals surface area contributed by atoms with E-state index in [2.05, 4.69) is 5.32 Å². The highest BCUT2D eigenvalue weighted by molar-refractivity contribution is 8.02. The molecule has 2 N–H and O–H groups in total. The molecule has 1 saturated heterocycles. The van der Waals surface area contributed by atoms with Gasteiger partial charge in [0.05, 0.1) is 6.42 Å². The minimum atomic E-state index is -1.05. The van der Waals surface area contributed by atoms with E-state index in [9.17, 15) is 19.5 Å². The van der Waals surface area contributed by atoms with E-state index < -0.39 is 18.1 Å². The van der Waals surface area contributed by atoms with Gasteiger partial charge >= 0.3 is 5.97 Å². The molecule has 2 heterocycles. The molecular formula is C16H16N2O4S. The molecule has 23 heavy (non-hydrogen) atoms. The molecule has 1 aromatic carbocycles. The van der Waals surface area contributed by atoms with Crippen molar-refractivity contribution in [1.82, 2.24) is 10.2 Å². The van der Waals surface area contributed by atoms with Gasteiger partial charge in [-0.3, -0.25) is 9.59 Å². The first-order valence-corrected chi connectivity index (χ1v) is 8.13. The Bertz CT molecular complexity index is 689. The van der Waals surface area contributed by atoms with Crippen LogP contribution >= 0.6 is 11.8 Å².